The smallest absolute Gasteiger partial charge is 0.417 e. The van der Waals surface area contributed by atoms with Crippen LogP contribution in [0.25, 0.3) is 0 Å². The highest BCUT2D eigenvalue weighted by Crippen LogP contribution is 2.41. The Balaban J connectivity index is 2.69. The molecule has 0 aliphatic heterocycles. The second-order valence-electron chi connectivity index (χ2n) is 4.06. The molecule has 0 saturated heterocycles. The zero-order valence-corrected chi connectivity index (χ0v) is 11.1. The molecule has 0 fully saturated rings. The number of hydrogen-bond donors (Lipinski definition) is 1. The Labute approximate surface area is 109 Å². The molecule has 0 atom stereocenters. The number of unbranched alkanes of at least 4 members (excludes halogenated alkanes) is 3. The molecule has 0 bridgehead atoms. The van der Waals surface area contributed by atoms with Crippen molar-refractivity contribution in [2.45, 2.75) is 43.7 Å². The highest BCUT2D eigenvalue weighted by molar-refractivity contribution is 7.99. The molecule has 0 heterocycles. The van der Waals surface area contributed by atoms with Gasteiger partial charge in [-0.2, -0.15) is 13.2 Å². The lowest BCUT2D eigenvalue weighted by Gasteiger charge is -2.13. The van der Waals surface area contributed by atoms with Gasteiger partial charge in [-0.15, -0.1) is 11.8 Å². The molecule has 102 valence electrons. The molecule has 1 N–H and O–H groups in total. The van der Waals surface area contributed by atoms with Gasteiger partial charge in [0.05, 0.1) is 10.5 Å². The highest BCUT2D eigenvalue weighted by atomic mass is 32.2. The predicted octanol–water partition coefficient (Wildman–Crippen LogP) is 5.08. The van der Waals surface area contributed by atoms with Crippen molar-refractivity contribution >= 4 is 11.8 Å². The maximum atomic E-state index is 12.7. The maximum Gasteiger partial charge on any atom is 0.417 e. The summed E-state index contributed by atoms with van der Waals surface area (Å²) in [6, 6.07) is 3.52. The van der Waals surface area contributed by atoms with Crippen molar-refractivity contribution in [3.8, 4) is 5.75 Å². The molecular formula is C13H17F3OS. The molecule has 1 aromatic carbocycles. The van der Waals surface area contributed by atoms with Gasteiger partial charge in [-0.1, -0.05) is 32.3 Å². The van der Waals surface area contributed by atoms with Gasteiger partial charge < -0.3 is 5.11 Å². The van der Waals surface area contributed by atoms with Crippen molar-refractivity contribution in [1.82, 2.24) is 0 Å². The van der Waals surface area contributed by atoms with E-state index in [0.717, 1.165) is 43.5 Å². The molecule has 1 rings (SSSR count). The molecule has 0 aromatic heterocycles. The molecule has 5 heteroatoms. The van der Waals surface area contributed by atoms with Gasteiger partial charge in [0.1, 0.15) is 5.75 Å². The normalized spacial score (nSPS) is 11.8. The molecule has 1 aromatic rings. The topological polar surface area (TPSA) is 20.2 Å². The second-order valence-corrected chi connectivity index (χ2v) is 5.17. The third kappa shape index (κ3) is 4.44. The summed E-state index contributed by atoms with van der Waals surface area (Å²) >= 11 is 1.08. The standard InChI is InChI=1S/C13H17F3OS/c1-2-3-4-5-9-18-12-10(13(14,15)16)7-6-8-11(12)17/h6-8,17H,2-5,9H2,1H3. The molecule has 18 heavy (non-hydrogen) atoms. The average Bonchev–Trinajstić information content (AvgIpc) is 2.29. The zero-order chi connectivity index (χ0) is 13.6. The number of benzene rings is 1. The fourth-order valence-electron chi connectivity index (χ4n) is 1.60. The monoisotopic (exact) mass is 278 g/mol. The summed E-state index contributed by atoms with van der Waals surface area (Å²) in [4.78, 5) is -0.0542. The molecule has 0 spiro atoms. The van der Waals surface area contributed by atoms with Gasteiger partial charge in [-0.05, 0) is 24.3 Å². The van der Waals surface area contributed by atoms with Crippen LogP contribution in [0.2, 0.25) is 0 Å². The molecule has 1 nitrogen and oxygen atoms in total. The summed E-state index contributed by atoms with van der Waals surface area (Å²) in [6.07, 6.45) is -0.352. The lowest BCUT2D eigenvalue weighted by molar-refractivity contribution is -0.139. The van der Waals surface area contributed by atoms with E-state index in [9.17, 15) is 18.3 Å². The van der Waals surface area contributed by atoms with Gasteiger partial charge in [0, 0.05) is 0 Å². The van der Waals surface area contributed by atoms with Crippen molar-refractivity contribution in [3.63, 3.8) is 0 Å². The van der Waals surface area contributed by atoms with Gasteiger partial charge in [-0.3, -0.25) is 0 Å². The maximum absolute atomic E-state index is 12.7. The number of thioether (sulfide) groups is 1. The van der Waals surface area contributed by atoms with Crippen LogP contribution in [0, 0.1) is 0 Å². The van der Waals surface area contributed by atoms with Crippen molar-refractivity contribution in [1.29, 1.82) is 0 Å². The Bertz CT molecular complexity index is 377. The van der Waals surface area contributed by atoms with Crippen LogP contribution in [-0.4, -0.2) is 10.9 Å². The minimum absolute atomic E-state index is 0.0542. The van der Waals surface area contributed by atoms with Gasteiger partial charge in [0.2, 0.25) is 0 Å². The van der Waals surface area contributed by atoms with Gasteiger partial charge in [0.25, 0.3) is 0 Å². The summed E-state index contributed by atoms with van der Waals surface area (Å²) in [5.74, 6) is 0.311. The van der Waals surface area contributed by atoms with Crippen LogP contribution in [0.4, 0.5) is 13.2 Å². The first-order valence-corrected chi connectivity index (χ1v) is 6.97. The number of alkyl halides is 3. The summed E-state index contributed by atoms with van der Waals surface area (Å²) in [6.45, 7) is 2.08. The zero-order valence-electron chi connectivity index (χ0n) is 10.3. The van der Waals surface area contributed by atoms with Crippen LogP contribution in [0.3, 0.4) is 0 Å². The molecule has 0 amide bonds. The lowest BCUT2D eigenvalue weighted by Crippen LogP contribution is -2.06. The van der Waals surface area contributed by atoms with Crippen LogP contribution in [0.5, 0.6) is 5.75 Å². The first-order valence-electron chi connectivity index (χ1n) is 5.98. The molecule has 0 unspecified atom stereocenters. The minimum atomic E-state index is -4.41. The Morgan fingerprint density at radius 1 is 1.17 bits per heavy atom. The van der Waals surface area contributed by atoms with Crippen LogP contribution < -0.4 is 0 Å². The SMILES string of the molecule is CCCCCCSc1c(O)cccc1C(F)(F)F. The number of rotatable bonds is 6. The largest absolute Gasteiger partial charge is 0.507 e. The Hall–Kier alpha value is -0.840. The van der Waals surface area contributed by atoms with Crippen LogP contribution in [0.1, 0.15) is 38.2 Å². The fourth-order valence-corrected chi connectivity index (χ4v) is 2.71. The van der Waals surface area contributed by atoms with E-state index in [4.69, 9.17) is 0 Å². The summed E-state index contributed by atoms with van der Waals surface area (Å²) in [7, 11) is 0. The number of phenols is 1. The highest BCUT2D eigenvalue weighted by Gasteiger charge is 2.34. The number of halogens is 3. The van der Waals surface area contributed by atoms with Gasteiger partial charge in [0.15, 0.2) is 0 Å². The van der Waals surface area contributed by atoms with E-state index in [2.05, 4.69) is 6.92 Å². The Morgan fingerprint density at radius 3 is 2.50 bits per heavy atom. The van der Waals surface area contributed by atoms with Crippen LogP contribution >= 0.6 is 11.8 Å². The second kappa shape index (κ2) is 6.92. The van der Waals surface area contributed by atoms with E-state index in [0.29, 0.717) is 5.75 Å². The minimum Gasteiger partial charge on any atom is -0.507 e. The summed E-state index contributed by atoms with van der Waals surface area (Å²) in [5, 5.41) is 9.54. The Kier molecular flexibility index (Phi) is 5.85. The molecule has 0 radical (unpaired) electrons. The van der Waals surface area contributed by atoms with Crippen molar-refractivity contribution in [3.05, 3.63) is 23.8 Å². The van der Waals surface area contributed by atoms with Crippen LogP contribution in [-0.2, 0) is 6.18 Å². The van der Waals surface area contributed by atoms with E-state index in [1.165, 1.54) is 12.1 Å². The van der Waals surface area contributed by atoms with E-state index in [1.54, 1.807) is 0 Å². The third-order valence-corrected chi connectivity index (χ3v) is 3.75. The Morgan fingerprint density at radius 2 is 1.89 bits per heavy atom. The van der Waals surface area contributed by atoms with E-state index < -0.39 is 11.7 Å². The molecule has 0 aliphatic carbocycles. The fraction of sp³-hybridized carbons (Fsp3) is 0.538. The van der Waals surface area contributed by atoms with Gasteiger partial charge in [-0.25, -0.2) is 0 Å². The molecule has 0 saturated carbocycles. The van der Waals surface area contributed by atoms with E-state index >= 15 is 0 Å². The average molecular weight is 278 g/mol. The quantitative estimate of drug-likeness (QED) is 0.578. The van der Waals surface area contributed by atoms with Crippen molar-refractivity contribution < 1.29 is 18.3 Å². The summed E-state index contributed by atoms with van der Waals surface area (Å²) in [5.41, 5.74) is -0.747. The van der Waals surface area contributed by atoms with E-state index in [-0.39, 0.29) is 10.6 Å². The van der Waals surface area contributed by atoms with Crippen molar-refractivity contribution in [2.75, 3.05) is 5.75 Å². The number of aromatic hydroxyl groups is 1. The number of hydrogen-bond acceptors (Lipinski definition) is 2. The first kappa shape index (κ1) is 15.2. The van der Waals surface area contributed by atoms with Crippen molar-refractivity contribution in [2.24, 2.45) is 0 Å². The first-order chi connectivity index (χ1) is 8.46. The summed E-state index contributed by atoms with van der Waals surface area (Å²) < 4.78 is 38.2. The van der Waals surface area contributed by atoms with Crippen LogP contribution in [0.15, 0.2) is 23.1 Å². The molecule has 0 aliphatic rings. The predicted molar refractivity (Wildman–Crippen MR) is 68.0 cm³/mol. The van der Waals surface area contributed by atoms with Gasteiger partial charge >= 0.3 is 6.18 Å². The molecular weight excluding hydrogens is 261 g/mol. The third-order valence-electron chi connectivity index (χ3n) is 2.54. The number of phenolic OH excluding ortho intramolecular Hbond substituents is 1. The van der Waals surface area contributed by atoms with E-state index in [1.807, 2.05) is 0 Å². The lowest BCUT2D eigenvalue weighted by atomic mass is 10.2.